The highest BCUT2D eigenvalue weighted by Crippen LogP contribution is 2.28. The van der Waals surface area contributed by atoms with Gasteiger partial charge in [0.15, 0.2) is 0 Å². The molecule has 6 heteroatoms. The van der Waals surface area contributed by atoms with Gasteiger partial charge in [-0.05, 0) is 44.1 Å². The van der Waals surface area contributed by atoms with Crippen LogP contribution >= 0.6 is 0 Å². The Labute approximate surface area is 122 Å². The number of benzene rings is 1. The molecular weight excluding hydrogens is 272 g/mol. The normalized spacial score (nSPS) is 23.0. The number of aromatic carboxylic acids is 1. The first kappa shape index (κ1) is 13.8. The molecule has 0 aliphatic carbocycles. The summed E-state index contributed by atoms with van der Waals surface area (Å²) in [5.74, 6) is -1.59. The summed E-state index contributed by atoms with van der Waals surface area (Å²) in [6, 6.07) is 5.55. The Morgan fingerprint density at radius 2 is 1.90 bits per heavy atom. The second-order valence-electron chi connectivity index (χ2n) is 5.39. The molecule has 2 aliphatic heterocycles. The van der Waals surface area contributed by atoms with Gasteiger partial charge in [0, 0.05) is 0 Å². The molecule has 2 aliphatic rings. The first-order valence-electron chi connectivity index (χ1n) is 7.02. The minimum Gasteiger partial charge on any atom is -0.478 e. The lowest BCUT2D eigenvalue weighted by Crippen LogP contribution is -2.40. The molecule has 2 saturated heterocycles. The lowest BCUT2D eigenvalue weighted by molar-refractivity contribution is -0.122. The maximum atomic E-state index is 12.5. The number of hydrogen-bond donors (Lipinski definition) is 1. The van der Waals surface area contributed by atoms with Crippen molar-refractivity contribution in [2.75, 3.05) is 18.0 Å². The predicted octanol–water partition coefficient (Wildman–Crippen LogP) is 1.11. The monoisotopic (exact) mass is 288 g/mol. The van der Waals surface area contributed by atoms with Crippen LogP contribution in [0.1, 0.15) is 29.6 Å². The average molecular weight is 288 g/mol. The number of carbonyl (C=O) groups excluding carboxylic acids is 2. The molecule has 1 unspecified atom stereocenters. The zero-order valence-corrected chi connectivity index (χ0v) is 11.5. The number of carbonyl (C=O) groups is 3. The summed E-state index contributed by atoms with van der Waals surface area (Å²) in [6.07, 6.45) is 2.27. The van der Waals surface area contributed by atoms with E-state index in [1.165, 1.54) is 12.1 Å². The van der Waals surface area contributed by atoms with Crippen LogP contribution in [-0.4, -0.2) is 46.9 Å². The van der Waals surface area contributed by atoms with E-state index >= 15 is 0 Å². The molecule has 2 amide bonds. The molecule has 1 atom stereocenters. The molecule has 2 heterocycles. The van der Waals surface area contributed by atoms with E-state index in [2.05, 4.69) is 0 Å². The molecule has 1 aromatic carbocycles. The third-order valence-electron chi connectivity index (χ3n) is 4.06. The fourth-order valence-electron chi connectivity index (χ4n) is 3.00. The fourth-order valence-corrected chi connectivity index (χ4v) is 3.00. The van der Waals surface area contributed by atoms with Crippen LogP contribution in [0.25, 0.3) is 0 Å². The van der Waals surface area contributed by atoms with E-state index < -0.39 is 12.0 Å². The maximum absolute atomic E-state index is 12.5. The van der Waals surface area contributed by atoms with Gasteiger partial charge < -0.3 is 5.11 Å². The van der Waals surface area contributed by atoms with Crippen LogP contribution in [0, 0.1) is 0 Å². The van der Waals surface area contributed by atoms with Crippen LogP contribution in [-0.2, 0) is 9.59 Å². The van der Waals surface area contributed by atoms with Crippen LogP contribution < -0.4 is 4.90 Å². The van der Waals surface area contributed by atoms with Crippen LogP contribution in [0.15, 0.2) is 24.3 Å². The van der Waals surface area contributed by atoms with Crippen molar-refractivity contribution in [1.29, 1.82) is 0 Å². The van der Waals surface area contributed by atoms with Gasteiger partial charge in [-0.1, -0.05) is 6.07 Å². The molecule has 0 saturated carbocycles. The summed E-state index contributed by atoms with van der Waals surface area (Å²) in [5, 5.41) is 9.01. The quantitative estimate of drug-likeness (QED) is 0.843. The average Bonchev–Trinajstić information content (AvgIpc) is 3.07. The van der Waals surface area contributed by atoms with Crippen molar-refractivity contribution in [2.45, 2.75) is 25.3 Å². The smallest absolute Gasteiger partial charge is 0.335 e. The van der Waals surface area contributed by atoms with Gasteiger partial charge in [-0.3, -0.25) is 14.5 Å². The highest BCUT2D eigenvalue weighted by Gasteiger charge is 2.43. The van der Waals surface area contributed by atoms with Crippen molar-refractivity contribution >= 4 is 23.5 Å². The Bertz CT molecular complexity index is 607. The highest BCUT2D eigenvalue weighted by molar-refractivity contribution is 6.22. The van der Waals surface area contributed by atoms with E-state index in [1.807, 2.05) is 4.90 Å². The molecule has 0 radical (unpaired) electrons. The van der Waals surface area contributed by atoms with Gasteiger partial charge in [0.25, 0.3) is 5.91 Å². The summed E-state index contributed by atoms with van der Waals surface area (Å²) in [6.45, 7) is 1.68. The predicted molar refractivity (Wildman–Crippen MR) is 75.1 cm³/mol. The molecular formula is C15H16N2O4. The van der Waals surface area contributed by atoms with Crippen molar-refractivity contribution in [3.8, 4) is 0 Å². The second-order valence-corrected chi connectivity index (χ2v) is 5.39. The van der Waals surface area contributed by atoms with Gasteiger partial charge >= 0.3 is 5.97 Å². The molecule has 0 bridgehead atoms. The van der Waals surface area contributed by atoms with Crippen molar-refractivity contribution in [1.82, 2.24) is 4.90 Å². The molecule has 6 nitrogen and oxygen atoms in total. The van der Waals surface area contributed by atoms with Gasteiger partial charge in [0.2, 0.25) is 5.91 Å². The molecule has 1 aromatic rings. The largest absolute Gasteiger partial charge is 0.478 e. The molecule has 0 aromatic heterocycles. The number of carboxylic acids is 1. The van der Waals surface area contributed by atoms with E-state index in [1.54, 1.807) is 12.1 Å². The van der Waals surface area contributed by atoms with E-state index in [4.69, 9.17) is 5.11 Å². The maximum Gasteiger partial charge on any atom is 0.335 e. The third-order valence-corrected chi connectivity index (χ3v) is 4.06. The summed E-state index contributed by atoms with van der Waals surface area (Å²) in [4.78, 5) is 38.8. The Morgan fingerprint density at radius 1 is 1.19 bits per heavy atom. The summed E-state index contributed by atoms with van der Waals surface area (Å²) >= 11 is 0. The number of imide groups is 1. The Kier molecular flexibility index (Phi) is 3.47. The molecule has 110 valence electrons. The van der Waals surface area contributed by atoms with Crippen LogP contribution in [0.2, 0.25) is 0 Å². The van der Waals surface area contributed by atoms with E-state index in [9.17, 15) is 14.4 Å². The number of carboxylic acid groups (broad SMARTS) is 1. The number of hydrogen-bond acceptors (Lipinski definition) is 4. The molecule has 3 rings (SSSR count). The van der Waals surface area contributed by atoms with E-state index in [0.29, 0.717) is 5.69 Å². The van der Waals surface area contributed by atoms with E-state index in [0.717, 1.165) is 30.8 Å². The van der Waals surface area contributed by atoms with Gasteiger partial charge in [-0.15, -0.1) is 0 Å². The number of likely N-dealkylation sites (tertiary alicyclic amines) is 1. The number of nitrogens with zero attached hydrogens (tertiary/aromatic N) is 2. The first-order valence-corrected chi connectivity index (χ1v) is 7.02. The lowest BCUT2D eigenvalue weighted by atomic mass is 10.2. The van der Waals surface area contributed by atoms with Crippen LogP contribution in [0.3, 0.4) is 0 Å². The number of amides is 2. The second kappa shape index (κ2) is 5.29. The Morgan fingerprint density at radius 3 is 2.57 bits per heavy atom. The lowest BCUT2D eigenvalue weighted by Gasteiger charge is -2.21. The summed E-state index contributed by atoms with van der Waals surface area (Å²) in [7, 11) is 0. The first-order chi connectivity index (χ1) is 10.1. The van der Waals surface area contributed by atoms with Gasteiger partial charge in [-0.2, -0.15) is 0 Å². The minimum atomic E-state index is -1.08. The fraction of sp³-hybridized carbons (Fsp3) is 0.400. The van der Waals surface area contributed by atoms with Crippen LogP contribution in [0.5, 0.6) is 0 Å². The van der Waals surface area contributed by atoms with Gasteiger partial charge in [0.1, 0.15) is 0 Å². The number of anilines is 1. The number of rotatable bonds is 3. The van der Waals surface area contributed by atoms with Crippen LogP contribution in [0.4, 0.5) is 5.69 Å². The third kappa shape index (κ3) is 2.42. The Hall–Kier alpha value is -2.21. The summed E-state index contributed by atoms with van der Waals surface area (Å²) < 4.78 is 0. The van der Waals surface area contributed by atoms with Crippen molar-refractivity contribution < 1.29 is 19.5 Å². The van der Waals surface area contributed by atoms with Crippen molar-refractivity contribution in [3.63, 3.8) is 0 Å². The van der Waals surface area contributed by atoms with Crippen molar-refractivity contribution in [2.24, 2.45) is 0 Å². The molecule has 0 spiro atoms. The van der Waals surface area contributed by atoms with Crippen molar-refractivity contribution in [3.05, 3.63) is 29.8 Å². The zero-order chi connectivity index (χ0) is 15.0. The molecule has 1 N–H and O–H groups in total. The Balaban J connectivity index is 1.88. The van der Waals surface area contributed by atoms with Gasteiger partial charge in [0.05, 0.1) is 23.7 Å². The van der Waals surface area contributed by atoms with Gasteiger partial charge in [-0.25, -0.2) is 9.69 Å². The van der Waals surface area contributed by atoms with E-state index in [-0.39, 0.29) is 23.8 Å². The topological polar surface area (TPSA) is 77.9 Å². The minimum absolute atomic E-state index is 0.0673. The molecule has 21 heavy (non-hydrogen) atoms. The standard InChI is InChI=1S/C15H16N2O4/c18-13-9-12(16-6-1-2-7-16)14(19)17(13)11-5-3-4-10(8-11)15(20)21/h3-5,8,12H,1-2,6-7,9H2,(H,20,21). The highest BCUT2D eigenvalue weighted by atomic mass is 16.4. The zero-order valence-electron chi connectivity index (χ0n) is 11.5. The molecule has 2 fully saturated rings. The summed E-state index contributed by atoms with van der Waals surface area (Å²) in [5.41, 5.74) is 0.407. The SMILES string of the molecule is O=C(O)c1cccc(N2C(=O)CC(N3CCCC3)C2=O)c1.